The highest BCUT2D eigenvalue weighted by Crippen LogP contribution is 2.23. The lowest BCUT2D eigenvalue weighted by atomic mass is 9.94. The molecule has 2 heteroatoms. The Labute approximate surface area is 124 Å². The lowest BCUT2D eigenvalue weighted by molar-refractivity contribution is 0.121. The Morgan fingerprint density at radius 3 is 2.45 bits per heavy atom. The summed E-state index contributed by atoms with van der Waals surface area (Å²) in [4.78, 5) is 2.62. The van der Waals surface area contributed by atoms with E-state index in [0.29, 0.717) is 0 Å². The molecule has 20 heavy (non-hydrogen) atoms. The Morgan fingerprint density at radius 1 is 1.15 bits per heavy atom. The van der Waals surface area contributed by atoms with E-state index >= 15 is 0 Å². The maximum absolute atomic E-state index is 6.40. The molecule has 0 saturated carbocycles. The lowest BCUT2D eigenvalue weighted by Crippen LogP contribution is -2.42. The molecule has 1 fully saturated rings. The number of hydrogen-bond donors (Lipinski definition) is 1. The van der Waals surface area contributed by atoms with Gasteiger partial charge in [-0.2, -0.15) is 0 Å². The van der Waals surface area contributed by atoms with Gasteiger partial charge in [-0.05, 0) is 51.5 Å². The molecule has 0 spiro atoms. The smallest absolute Gasteiger partial charge is 0.0307 e. The van der Waals surface area contributed by atoms with Crippen molar-refractivity contribution in [2.75, 3.05) is 13.1 Å². The monoisotopic (exact) mass is 274 g/mol. The van der Waals surface area contributed by atoms with Crippen molar-refractivity contribution in [3.05, 3.63) is 34.9 Å². The van der Waals surface area contributed by atoms with E-state index in [1.165, 1.54) is 36.1 Å². The quantitative estimate of drug-likeness (QED) is 0.904. The summed E-state index contributed by atoms with van der Waals surface area (Å²) in [6.45, 7) is 11.4. The number of nitrogens with two attached hydrogens (primary N) is 1. The van der Waals surface area contributed by atoms with Crippen molar-refractivity contribution >= 4 is 0 Å². The Hall–Kier alpha value is -0.860. The predicted octanol–water partition coefficient (Wildman–Crippen LogP) is 3.81. The maximum atomic E-state index is 6.40. The molecule has 0 bridgehead atoms. The summed E-state index contributed by atoms with van der Waals surface area (Å²) in [6.07, 6.45) is 3.76. The summed E-state index contributed by atoms with van der Waals surface area (Å²) in [6, 6.07) is 7.57. The number of rotatable bonds is 4. The first-order valence-corrected chi connectivity index (χ1v) is 8.03. The fourth-order valence-electron chi connectivity index (χ4n) is 3.39. The standard InChI is InChI=1S/C18H30N2/c1-13-5-6-16(4)20(12-13)8-7-18(19)17-10-14(2)9-15(3)11-17/h9-11,13,16,18H,5-8,12,19H2,1-4H3. The summed E-state index contributed by atoms with van der Waals surface area (Å²) in [7, 11) is 0. The van der Waals surface area contributed by atoms with Crippen molar-refractivity contribution in [3.63, 3.8) is 0 Å². The third-order valence-electron chi connectivity index (χ3n) is 4.65. The molecule has 1 heterocycles. The average Bonchev–Trinajstić information content (AvgIpc) is 2.38. The molecule has 0 aliphatic carbocycles. The van der Waals surface area contributed by atoms with Crippen LogP contribution in [-0.2, 0) is 0 Å². The molecule has 3 unspecified atom stereocenters. The molecule has 112 valence electrons. The van der Waals surface area contributed by atoms with Gasteiger partial charge in [0.25, 0.3) is 0 Å². The first-order chi connectivity index (χ1) is 9.45. The molecule has 2 rings (SSSR count). The van der Waals surface area contributed by atoms with Crippen LogP contribution in [0, 0.1) is 19.8 Å². The second kappa shape index (κ2) is 6.73. The minimum atomic E-state index is 0.165. The van der Waals surface area contributed by atoms with Gasteiger partial charge in [0.2, 0.25) is 0 Å². The van der Waals surface area contributed by atoms with Gasteiger partial charge in [0.1, 0.15) is 0 Å². The highest BCUT2D eigenvalue weighted by atomic mass is 15.2. The van der Waals surface area contributed by atoms with E-state index in [-0.39, 0.29) is 6.04 Å². The van der Waals surface area contributed by atoms with Gasteiger partial charge in [-0.1, -0.05) is 36.2 Å². The molecular formula is C18H30N2. The van der Waals surface area contributed by atoms with Crippen LogP contribution in [0.5, 0.6) is 0 Å². The zero-order valence-corrected chi connectivity index (χ0v) is 13.5. The first kappa shape index (κ1) is 15.5. The van der Waals surface area contributed by atoms with Gasteiger partial charge in [0, 0.05) is 25.2 Å². The lowest BCUT2D eigenvalue weighted by Gasteiger charge is -2.37. The molecule has 0 radical (unpaired) electrons. The highest BCUT2D eigenvalue weighted by molar-refractivity contribution is 5.30. The van der Waals surface area contributed by atoms with E-state index in [1.807, 2.05) is 0 Å². The van der Waals surface area contributed by atoms with Crippen LogP contribution >= 0.6 is 0 Å². The number of aryl methyl sites for hydroxylation is 2. The summed E-state index contributed by atoms with van der Waals surface area (Å²) < 4.78 is 0. The second-order valence-electron chi connectivity index (χ2n) is 6.84. The molecule has 0 aromatic heterocycles. The SMILES string of the molecule is Cc1cc(C)cc(C(N)CCN2CC(C)CCC2C)c1. The van der Waals surface area contributed by atoms with Crippen LogP contribution in [0.2, 0.25) is 0 Å². The number of nitrogens with zero attached hydrogens (tertiary/aromatic N) is 1. The van der Waals surface area contributed by atoms with E-state index in [2.05, 4.69) is 50.8 Å². The molecule has 1 aliphatic rings. The van der Waals surface area contributed by atoms with Gasteiger partial charge in [-0.3, -0.25) is 0 Å². The minimum Gasteiger partial charge on any atom is -0.324 e. The van der Waals surface area contributed by atoms with Crippen LogP contribution in [0.3, 0.4) is 0 Å². The fourth-order valence-corrected chi connectivity index (χ4v) is 3.39. The largest absolute Gasteiger partial charge is 0.324 e. The van der Waals surface area contributed by atoms with Crippen molar-refractivity contribution < 1.29 is 0 Å². The van der Waals surface area contributed by atoms with Crippen molar-refractivity contribution in [2.24, 2.45) is 11.7 Å². The van der Waals surface area contributed by atoms with Gasteiger partial charge >= 0.3 is 0 Å². The molecule has 2 nitrogen and oxygen atoms in total. The Balaban J connectivity index is 1.92. The van der Waals surface area contributed by atoms with Crippen molar-refractivity contribution in [1.82, 2.24) is 4.90 Å². The molecule has 1 aromatic rings. The Bertz CT molecular complexity index is 421. The molecule has 2 N–H and O–H groups in total. The summed E-state index contributed by atoms with van der Waals surface area (Å²) in [5.74, 6) is 0.837. The molecule has 1 aliphatic heterocycles. The van der Waals surface area contributed by atoms with Crippen LogP contribution in [0.15, 0.2) is 18.2 Å². The molecule has 1 aromatic carbocycles. The number of hydrogen-bond acceptors (Lipinski definition) is 2. The van der Waals surface area contributed by atoms with Crippen LogP contribution in [0.25, 0.3) is 0 Å². The zero-order chi connectivity index (χ0) is 14.7. The van der Waals surface area contributed by atoms with Crippen LogP contribution in [0.1, 0.15) is 55.8 Å². The van der Waals surface area contributed by atoms with E-state index in [4.69, 9.17) is 5.73 Å². The average molecular weight is 274 g/mol. The number of likely N-dealkylation sites (tertiary alicyclic amines) is 1. The summed E-state index contributed by atoms with van der Waals surface area (Å²) in [5.41, 5.74) is 10.3. The third kappa shape index (κ3) is 4.07. The molecular weight excluding hydrogens is 244 g/mol. The topological polar surface area (TPSA) is 29.3 Å². The highest BCUT2D eigenvalue weighted by Gasteiger charge is 2.23. The van der Waals surface area contributed by atoms with Gasteiger partial charge in [-0.25, -0.2) is 0 Å². The first-order valence-electron chi connectivity index (χ1n) is 8.03. The van der Waals surface area contributed by atoms with Gasteiger partial charge in [0.15, 0.2) is 0 Å². The predicted molar refractivity (Wildman–Crippen MR) is 86.9 cm³/mol. The van der Waals surface area contributed by atoms with Crippen molar-refractivity contribution in [1.29, 1.82) is 0 Å². The van der Waals surface area contributed by atoms with Gasteiger partial charge in [-0.15, -0.1) is 0 Å². The van der Waals surface area contributed by atoms with Crippen molar-refractivity contribution in [3.8, 4) is 0 Å². The number of piperidine rings is 1. The Kier molecular flexibility index (Phi) is 5.22. The van der Waals surface area contributed by atoms with E-state index in [9.17, 15) is 0 Å². The Morgan fingerprint density at radius 2 is 1.80 bits per heavy atom. The maximum Gasteiger partial charge on any atom is 0.0307 e. The van der Waals surface area contributed by atoms with Crippen LogP contribution in [-0.4, -0.2) is 24.0 Å². The third-order valence-corrected chi connectivity index (χ3v) is 4.65. The second-order valence-corrected chi connectivity index (χ2v) is 6.84. The van der Waals surface area contributed by atoms with Gasteiger partial charge < -0.3 is 10.6 Å². The van der Waals surface area contributed by atoms with E-state index in [1.54, 1.807) is 0 Å². The normalized spacial score (nSPS) is 25.6. The molecule has 3 atom stereocenters. The fraction of sp³-hybridized carbons (Fsp3) is 0.667. The summed E-state index contributed by atoms with van der Waals surface area (Å²) >= 11 is 0. The van der Waals surface area contributed by atoms with Gasteiger partial charge in [0.05, 0.1) is 0 Å². The zero-order valence-electron chi connectivity index (χ0n) is 13.5. The van der Waals surface area contributed by atoms with Crippen LogP contribution in [0.4, 0.5) is 0 Å². The van der Waals surface area contributed by atoms with Crippen molar-refractivity contribution in [2.45, 2.75) is 59.0 Å². The van der Waals surface area contributed by atoms with E-state index < -0.39 is 0 Å². The molecule has 1 saturated heterocycles. The minimum absolute atomic E-state index is 0.165. The number of benzene rings is 1. The molecule has 0 amide bonds. The van der Waals surface area contributed by atoms with E-state index in [0.717, 1.165) is 24.9 Å². The summed E-state index contributed by atoms with van der Waals surface area (Å²) in [5, 5.41) is 0. The van der Waals surface area contributed by atoms with Crippen LogP contribution < -0.4 is 5.73 Å².